The number of nitrogens with zero attached hydrogens (tertiary/aromatic N) is 2. The molecule has 0 saturated carbocycles. The number of carbonyl (C=O) groups excluding carboxylic acids is 3. The molecule has 0 aromatic heterocycles. The van der Waals surface area contributed by atoms with Crippen molar-refractivity contribution in [1.82, 2.24) is 15.5 Å². The van der Waals surface area contributed by atoms with Gasteiger partial charge >= 0.3 is 5.97 Å². The lowest BCUT2D eigenvalue weighted by atomic mass is 10.0. The van der Waals surface area contributed by atoms with Crippen LogP contribution >= 0.6 is 12.6 Å². The van der Waals surface area contributed by atoms with Crippen molar-refractivity contribution < 1.29 is 24.3 Å². The van der Waals surface area contributed by atoms with Gasteiger partial charge in [-0.05, 0) is 38.0 Å². The van der Waals surface area contributed by atoms with E-state index in [0.29, 0.717) is 38.8 Å². The summed E-state index contributed by atoms with van der Waals surface area (Å²) in [5.74, 6) is -2.58. The molecule has 1 rings (SSSR count). The van der Waals surface area contributed by atoms with Gasteiger partial charge in [-0.15, -0.1) is 0 Å². The Morgan fingerprint density at radius 3 is 2.39 bits per heavy atom. The number of amides is 3. The number of nitrogens with two attached hydrogens (primary N) is 3. The minimum Gasteiger partial charge on any atom is -0.480 e. The highest BCUT2D eigenvalue weighted by Crippen LogP contribution is 2.20. The molecule has 4 unspecified atom stereocenters. The highest BCUT2D eigenvalue weighted by molar-refractivity contribution is 7.80. The summed E-state index contributed by atoms with van der Waals surface area (Å²) in [6, 6.07) is -3.67. The predicted octanol–water partition coefficient (Wildman–Crippen LogP) is -1.61. The van der Waals surface area contributed by atoms with Crippen LogP contribution in [-0.2, 0) is 19.2 Å². The van der Waals surface area contributed by atoms with E-state index in [4.69, 9.17) is 17.2 Å². The molecule has 0 aliphatic carbocycles. The fourth-order valence-corrected chi connectivity index (χ4v) is 3.83. The lowest BCUT2D eigenvalue weighted by Crippen LogP contribution is -2.57. The number of nitrogens with one attached hydrogen (secondary N) is 2. The lowest BCUT2D eigenvalue weighted by Gasteiger charge is -2.29. The van der Waals surface area contributed by atoms with Gasteiger partial charge in [0, 0.05) is 18.8 Å². The van der Waals surface area contributed by atoms with Crippen molar-refractivity contribution in [3.05, 3.63) is 0 Å². The van der Waals surface area contributed by atoms with E-state index < -0.39 is 47.9 Å². The maximum atomic E-state index is 13.1. The first-order valence-corrected chi connectivity index (χ1v) is 11.7. The van der Waals surface area contributed by atoms with Crippen molar-refractivity contribution in [2.75, 3.05) is 18.8 Å². The molecule has 1 fully saturated rings. The number of hydrogen-bond donors (Lipinski definition) is 7. The zero-order valence-corrected chi connectivity index (χ0v) is 20.1. The van der Waals surface area contributed by atoms with Crippen LogP contribution in [0.5, 0.6) is 0 Å². The van der Waals surface area contributed by atoms with E-state index >= 15 is 0 Å². The van der Waals surface area contributed by atoms with Crippen molar-refractivity contribution in [2.24, 2.45) is 28.1 Å². The largest absolute Gasteiger partial charge is 0.480 e. The molecule has 1 heterocycles. The molecule has 0 aromatic rings. The summed E-state index contributed by atoms with van der Waals surface area (Å²) >= 11 is 4.17. The van der Waals surface area contributed by atoms with Crippen LogP contribution in [0.3, 0.4) is 0 Å². The number of guanidine groups is 1. The molecule has 33 heavy (non-hydrogen) atoms. The molecule has 3 amide bonds. The number of aliphatic carboxylic acids is 1. The molecule has 0 bridgehead atoms. The average molecular weight is 488 g/mol. The van der Waals surface area contributed by atoms with Gasteiger partial charge < -0.3 is 37.8 Å². The molecule has 13 heteroatoms. The Labute approximate surface area is 199 Å². The third-order valence-electron chi connectivity index (χ3n) is 5.26. The van der Waals surface area contributed by atoms with Gasteiger partial charge in [-0.25, -0.2) is 4.79 Å². The van der Waals surface area contributed by atoms with Crippen LogP contribution < -0.4 is 27.8 Å². The van der Waals surface area contributed by atoms with E-state index in [1.807, 2.05) is 13.8 Å². The van der Waals surface area contributed by atoms with E-state index in [1.165, 1.54) is 4.90 Å². The van der Waals surface area contributed by atoms with Gasteiger partial charge in [-0.2, -0.15) is 12.6 Å². The van der Waals surface area contributed by atoms with Crippen LogP contribution in [0, 0.1) is 5.92 Å². The van der Waals surface area contributed by atoms with E-state index in [9.17, 15) is 24.3 Å². The summed E-state index contributed by atoms with van der Waals surface area (Å²) in [5.41, 5.74) is 16.4. The molecule has 0 aromatic carbocycles. The fraction of sp³-hybridized carbons (Fsp3) is 0.750. The molecule has 4 atom stereocenters. The second-order valence-electron chi connectivity index (χ2n) is 8.52. The number of thiol groups is 1. The number of hydrogen-bond acceptors (Lipinski definition) is 7. The average Bonchev–Trinajstić information content (AvgIpc) is 3.23. The Morgan fingerprint density at radius 2 is 1.85 bits per heavy atom. The lowest BCUT2D eigenvalue weighted by molar-refractivity contribution is -0.145. The summed E-state index contributed by atoms with van der Waals surface area (Å²) in [6.07, 6.45) is 2.07. The Bertz CT molecular complexity index is 730. The molecule has 1 aliphatic rings. The zero-order valence-electron chi connectivity index (χ0n) is 19.2. The third kappa shape index (κ3) is 9.46. The number of carboxylic acid groups (broad SMARTS) is 1. The van der Waals surface area contributed by atoms with Gasteiger partial charge in [-0.3, -0.25) is 19.4 Å². The monoisotopic (exact) mass is 487 g/mol. The van der Waals surface area contributed by atoms with Crippen molar-refractivity contribution in [2.45, 2.75) is 70.1 Å². The highest BCUT2D eigenvalue weighted by atomic mass is 32.1. The van der Waals surface area contributed by atoms with Crippen LogP contribution in [0.25, 0.3) is 0 Å². The number of carbonyl (C=O) groups is 4. The molecule has 188 valence electrons. The fourth-order valence-electron chi connectivity index (χ4n) is 3.58. The Morgan fingerprint density at radius 1 is 1.18 bits per heavy atom. The van der Waals surface area contributed by atoms with Crippen LogP contribution in [0.15, 0.2) is 4.99 Å². The topological polar surface area (TPSA) is 206 Å². The van der Waals surface area contributed by atoms with Crippen molar-refractivity contribution >= 4 is 42.3 Å². The second kappa shape index (κ2) is 13.9. The molecule has 0 spiro atoms. The summed E-state index contributed by atoms with van der Waals surface area (Å²) in [4.78, 5) is 54.9. The highest BCUT2D eigenvalue weighted by Gasteiger charge is 2.38. The van der Waals surface area contributed by atoms with Crippen molar-refractivity contribution in [3.63, 3.8) is 0 Å². The normalized spacial score (nSPS) is 18.3. The van der Waals surface area contributed by atoms with Crippen LogP contribution in [0.4, 0.5) is 0 Å². The number of aliphatic imine (C=N–C) groups is 1. The van der Waals surface area contributed by atoms with Crippen LogP contribution in [0.2, 0.25) is 0 Å². The SMILES string of the molecule is CC(C)CC(NC(=O)C1CCCN1C(=O)C(CS)NC(=O)C(N)CCCN=C(N)N)C(=O)O. The van der Waals surface area contributed by atoms with Crippen LogP contribution in [-0.4, -0.2) is 82.7 Å². The van der Waals surface area contributed by atoms with E-state index in [0.717, 1.165) is 0 Å². The van der Waals surface area contributed by atoms with Gasteiger partial charge in [0.05, 0.1) is 6.04 Å². The van der Waals surface area contributed by atoms with Gasteiger partial charge in [-0.1, -0.05) is 13.8 Å². The van der Waals surface area contributed by atoms with Crippen molar-refractivity contribution in [3.8, 4) is 0 Å². The van der Waals surface area contributed by atoms with Gasteiger partial charge in [0.15, 0.2) is 5.96 Å². The molecule has 0 radical (unpaired) electrons. The molecule has 12 nitrogen and oxygen atoms in total. The molecular formula is C20H37N7O5S. The Balaban J connectivity index is 2.74. The van der Waals surface area contributed by atoms with E-state index in [2.05, 4.69) is 28.3 Å². The molecule has 9 N–H and O–H groups in total. The Kier molecular flexibility index (Phi) is 12.0. The van der Waals surface area contributed by atoms with Gasteiger partial charge in [0.2, 0.25) is 17.7 Å². The molecule has 1 saturated heterocycles. The molecular weight excluding hydrogens is 450 g/mol. The summed E-state index contributed by atoms with van der Waals surface area (Å²) < 4.78 is 0. The van der Waals surface area contributed by atoms with E-state index in [1.54, 1.807) is 0 Å². The number of likely N-dealkylation sites (tertiary alicyclic amines) is 1. The maximum absolute atomic E-state index is 13.1. The first-order valence-electron chi connectivity index (χ1n) is 11.0. The smallest absolute Gasteiger partial charge is 0.326 e. The zero-order chi connectivity index (χ0) is 25.1. The molecule has 1 aliphatic heterocycles. The summed E-state index contributed by atoms with van der Waals surface area (Å²) in [7, 11) is 0. The van der Waals surface area contributed by atoms with Gasteiger partial charge in [0.1, 0.15) is 18.1 Å². The number of rotatable bonds is 13. The quantitative estimate of drug-likeness (QED) is 0.0694. The Hall–Kier alpha value is -2.54. The van der Waals surface area contributed by atoms with E-state index in [-0.39, 0.29) is 24.1 Å². The predicted molar refractivity (Wildman–Crippen MR) is 127 cm³/mol. The first-order chi connectivity index (χ1) is 15.5. The minimum atomic E-state index is -1.12. The standard InChI is InChI=1S/C20H37N7O5S/c1-11(2)9-13(19(31)32)25-17(29)15-6-4-8-27(15)18(30)14(10-33)26-16(28)12(21)5-3-7-24-20(22)23/h11-15,33H,3-10,21H2,1-2H3,(H,25,29)(H,26,28)(H,31,32)(H4,22,23,24). The summed E-state index contributed by atoms with van der Waals surface area (Å²) in [5, 5.41) is 14.5. The maximum Gasteiger partial charge on any atom is 0.326 e. The minimum absolute atomic E-state index is 0.0151. The first kappa shape index (κ1) is 28.5. The second-order valence-corrected chi connectivity index (χ2v) is 8.88. The van der Waals surface area contributed by atoms with Crippen LogP contribution in [0.1, 0.15) is 46.0 Å². The number of carboxylic acids is 1. The summed E-state index contributed by atoms with van der Waals surface area (Å²) in [6.45, 7) is 4.37. The van der Waals surface area contributed by atoms with Gasteiger partial charge in [0.25, 0.3) is 0 Å². The third-order valence-corrected chi connectivity index (χ3v) is 5.63. The van der Waals surface area contributed by atoms with Crippen molar-refractivity contribution in [1.29, 1.82) is 0 Å².